The summed E-state index contributed by atoms with van der Waals surface area (Å²) in [6.07, 6.45) is 1.92. The molecule has 0 aromatic rings. The highest BCUT2D eigenvalue weighted by Crippen LogP contribution is 2.13. The molecule has 98 valence electrons. The molecule has 2 atom stereocenters. The largest absolute Gasteiger partial charge is 0.347 e. The lowest BCUT2D eigenvalue weighted by Crippen LogP contribution is -2.46. The first-order valence-electron chi connectivity index (χ1n) is 6.29. The van der Waals surface area contributed by atoms with E-state index in [1.807, 2.05) is 6.92 Å². The van der Waals surface area contributed by atoms with Gasteiger partial charge in [-0.1, -0.05) is 0 Å². The van der Waals surface area contributed by atoms with E-state index >= 15 is 0 Å². The number of amides is 2. The summed E-state index contributed by atoms with van der Waals surface area (Å²) in [4.78, 5) is 24.9. The molecule has 1 aliphatic heterocycles. The molecule has 1 aliphatic rings. The third kappa shape index (κ3) is 4.34. The quantitative estimate of drug-likeness (QED) is 0.726. The van der Waals surface area contributed by atoms with Crippen LogP contribution in [0.1, 0.15) is 26.7 Å². The second kappa shape index (κ2) is 6.59. The summed E-state index contributed by atoms with van der Waals surface area (Å²) < 4.78 is 0. The summed E-state index contributed by atoms with van der Waals surface area (Å²) >= 11 is 0. The summed E-state index contributed by atoms with van der Waals surface area (Å²) in [5, 5.41) is 5.99. The molecule has 0 aliphatic carbocycles. The van der Waals surface area contributed by atoms with Gasteiger partial charge in [-0.25, -0.2) is 0 Å². The number of nitrogens with zero attached hydrogens (tertiary/aromatic N) is 1. The summed E-state index contributed by atoms with van der Waals surface area (Å²) in [7, 11) is 1.73. The van der Waals surface area contributed by atoms with Crippen LogP contribution < -0.4 is 10.6 Å². The van der Waals surface area contributed by atoms with Gasteiger partial charge in [0, 0.05) is 26.2 Å². The molecule has 2 unspecified atom stereocenters. The molecular formula is C12H23N3O2. The Labute approximate surface area is 103 Å². The summed E-state index contributed by atoms with van der Waals surface area (Å²) in [6, 6.07) is 0.493. The summed E-state index contributed by atoms with van der Waals surface area (Å²) in [5.41, 5.74) is 0. The van der Waals surface area contributed by atoms with E-state index in [-0.39, 0.29) is 24.3 Å². The van der Waals surface area contributed by atoms with E-state index in [1.165, 1.54) is 0 Å². The van der Waals surface area contributed by atoms with Gasteiger partial charge in [0.1, 0.15) is 0 Å². The average molecular weight is 241 g/mol. The van der Waals surface area contributed by atoms with Crippen molar-refractivity contribution in [1.82, 2.24) is 15.5 Å². The van der Waals surface area contributed by atoms with Crippen molar-refractivity contribution in [1.29, 1.82) is 0 Å². The Bertz CT molecular complexity index is 273. The summed E-state index contributed by atoms with van der Waals surface area (Å²) in [5.74, 6) is -0.0498. The first-order chi connectivity index (χ1) is 8.04. The van der Waals surface area contributed by atoms with Gasteiger partial charge >= 0.3 is 0 Å². The van der Waals surface area contributed by atoms with Crippen molar-refractivity contribution in [2.45, 2.75) is 32.7 Å². The zero-order valence-electron chi connectivity index (χ0n) is 11.0. The Morgan fingerprint density at radius 3 is 2.65 bits per heavy atom. The Morgan fingerprint density at radius 2 is 2.12 bits per heavy atom. The SMILES string of the molecule is CCN(C)C(=O)CNC(=O)C1CCC(C)NC1. The molecule has 1 fully saturated rings. The molecule has 1 rings (SSSR count). The van der Waals surface area contributed by atoms with Crippen LogP contribution in [0, 0.1) is 5.92 Å². The number of carbonyl (C=O) groups excluding carboxylic acids is 2. The molecule has 0 bridgehead atoms. The van der Waals surface area contributed by atoms with Crippen LogP contribution in [-0.2, 0) is 9.59 Å². The zero-order valence-corrected chi connectivity index (χ0v) is 11.0. The van der Waals surface area contributed by atoms with E-state index in [1.54, 1.807) is 11.9 Å². The van der Waals surface area contributed by atoms with Crippen molar-refractivity contribution in [2.75, 3.05) is 26.7 Å². The lowest BCUT2D eigenvalue weighted by Gasteiger charge is -2.26. The van der Waals surface area contributed by atoms with Crippen molar-refractivity contribution >= 4 is 11.8 Å². The number of likely N-dealkylation sites (N-methyl/N-ethyl adjacent to an activating group) is 1. The highest BCUT2D eigenvalue weighted by Gasteiger charge is 2.24. The van der Waals surface area contributed by atoms with Crippen molar-refractivity contribution in [3.8, 4) is 0 Å². The van der Waals surface area contributed by atoms with E-state index in [0.717, 1.165) is 12.8 Å². The fourth-order valence-electron chi connectivity index (χ4n) is 1.84. The molecule has 0 spiro atoms. The second-order valence-corrected chi connectivity index (χ2v) is 4.71. The number of hydrogen-bond donors (Lipinski definition) is 2. The lowest BCUT2D eigenvalue weighted by atomic mass is 9.95. The molecule has 0 saturated carbocycles. The second-order valence-electron chi connectivity index (χ2n) is 4.71. The van der Waals surface area contributed by atoms with Gasteiger partial charge in [-0.2, -0.15) is 0 Å². The number of piperidine rings is 1. The van der Waals surface area contributed by atoms with Crippen LogP contribution in [0.4, 0.5) is 0 Å². The van der Waals surface area contributed by atoms with Crippen LogP contribution in [-0.4, -0.2) is 49.4 Å². The van der Waals surface area contributed by atoms with Crippen LogP contribution in [0.2, 0.25) is 0 Å². The van der Waals surface area contributed by atoms with Gasteiger partial charge in [-0.3, -0.25) is 9.59 Å². The lowest BCUT2D eigenvalue weighted by molar-refractivity contribution is -0.133. The van der Waals surface area contributed by atoms with E-state index in [9.17, 15) is 9.59 Å². The average Bonchev–Trinajstić information content (AvgIpc) is 2.35. The van der Waals surface area contributed by atoms with E-state index in [4.69, 9.17) is 0 Å². The Morgan fingerprint density at radius 1 is 1.41 bits per heavy atom. The first-order valence-corrected chi connectivity index (χ1v) is 6.29. The van der Waals surface area contributed by atoms with Gasteiger partial charge in [0.05, 0.1) is 12.5 Å². The third-order valence-electron chi connectivity index (χ3n) is 3.35. The Hall–Kier alpha value is -1.10. The van der Waals surface area contributed by atoms with Gasteiger partial charge in [0.25, 0.3) is 0 Å². The highest BCUT2D eigenvalue weighted by atomic mass is 16.2. The number of hydrogen-bond acceptors (Lipinski definition) is 3. The molecule has 5 heteroatoms. The van der Waals surface area contributed by atoms with Gasteiger partial charge in [0.2, 0.25) is 11.8 Å². The fourth-order valence-corrected chi connectivity index (χ4v) is 1.84. The van der Waals surface area contributed by atoms with Gasteiger partial charge in [-0.15, -0.1) is 0 Å². The molecule has 1 heterocycles. The van der Waals surface area contributed by atoms with E-state index in [0.29, 0.717) is 19.1 Å². The first kappa shape index (κ1) is 14.0. The molecule has 0 aromatic carbocycles. The zero-order chi connectivity index (χ0) is 12.8. The van der Waals surface area contributed by atoms with Crippen LogP contribution >= 0.6 is 0 Å². The minimum absolute atomic E-state index is 0.00549. The molecule has 2 N–H and O–H groups in total. The van der Waals surface area contributed by atoms with E-state index < -0.39 is 0 Å². The maximum Gasteiger partial charge on any atom is 0.241 e. The Kier molecular flexibility index (Phi) is 5.41. The van der Waals surface area contributed by atoms with Crippen molar-refractivity contribution in [3.05, 3.63) is 0 Å². The standard InChI is InChI=1S/C12H23N3O2/c1-4-15(3)11(16)8-14-12(17)10-6-5-9(2)13-7-10/h9-10,13H,4-8H2,1-3H3,(H,14,17). The van der Waals surface area contributed by atoms with Crippen molar-refractivity contribution < 1.29 is 9.59 Å². The predicted octanol–water partition coefficient (Wildman–Crippen LogP) is -0.0310. The normalized spacial score (nSPS) is 24.2. The highest BCUT2D eigenvalue weighted by molar-refractivity contribution is 5.85. The van der Waals surface area contributed by atoms with Gasteiger partial charge < -0.3 is 15.5 Å². The predicted molar refractivity (Wildman–Crippen MR) is 66.5 cm³/mol. The summed E-state index contributed by atoms with van der Waals surface area (Å²) in [6.45, 7) is 5.51. The number of rotatable bonds is 4. The minimum Gasteiger partial charge on any atom is -0.347 e. The number of carbonyl (C=O) groups is 2. The smallest absolute Gasteiger partial charge is 0.241 e. The van der Waals surface area contributed by atoms with Crippen LogP contribution in [0.15, 0.2) is 0 Å². The maximum absolute atomic E-state index is 11.8. The fraction of sp³-hybridized carbons (Fsp3) is 0.833. The third-order valence-corrected chi connectivity index (χ3v) is 3.35. The minimum atomic E-state index is -0.0435. The molecule has 5 nitrogen and oxygen atoms in total. The van der Waals surface area contributed by atoms with Crippen LogP contribution in [0.5, 0.6) is 0 Å². The van der Waals surface area contributed by atoms with Crippen molar-refractivity contribution in [3.63, 3.8) is 0 Å². The maximum atomic E-state index is 11.8. The van der Waals surface area contributed by atoms with E-state index in [2.05, 4.69) is 17.6 Å². The van der Waals surface area contributed by atoms with Crippen LogP contribution in [0.25, 0.3) is 0 Å². The molecule has 1 saturated heterocycles. The van der Waals surface area contributed by atoms with Gasteiger partial charge in [-0.05, 0) is 26.7 Å². The monoisotopic (exact) mass is 241 g/mol. The molecule has 0 radical (unpaired) electrons. The Balaban J connectivity index is 2.27. The van der Waals surface area contributed by atoms with Crippen molar-refractivity contribution in [2.24, 2.45) is 5.92 Å². The number of nitrogens with one attached hydrogen (secondary N) is 2. The molecule has 2 amide bonds. The molecular weight excluding hydrogens is 218 g/mol. The molecule has 0 aromatic heterocycles. The topological polar surface area (TPSA) is 61.4 Å². The van der Waals surface area contributed by atoms with Crippen LogP contribution in [0.3, 0.4) is 0 Å². The van der Waals surface area contributed by atoms with Gasteiger partial charge in [0.15, 0.2) is 0 Å². The molecule has 17 heavy (non-hydrogen) atoms.